The van der Waals surface area contributed by atoms with Crippen molar-refractivity contribution in [2.45, 2.75) is 13.0 Å². The molecule has 0 unspecified atom stereocenters. The normalized spacial score (nSPS) is 9.86. The number of alkyl halides is 1. The quantitative estimate of drug-likeness (QED) is 0.775. The van der Waals surface area contributed by atoms with Gasteiger partial charge in [-0.3, -0.25) is 9.78 Å². The van der Waals surface area contributed by atoms with E-state index < -0.39 is 5.82 Å². The average molecular weight is 217 g/mol. The minimum Gasteiger partial charge on any atom is -0.350 e. The molecule has 0 fully saturated rings. The Balaban J connectivity index is 2.46. The molecular formula is C9H10ClFN2O. The average Bonchev–Trinajstić information content (AvgIpc) is 2.17. The summed E-state index contributed by atoms with van der Waals surface area (Å²) in [6, 6.07) is 2.80. The van der Waals surface area contributed by atoms with Gasteiger partial charge in [-0.25, -0.2) is 4.39 Å². The van der Waals surface area contributed by atoms with Crippen LogP contribution >= 0.6 is 11.6 Å². The van der Waals surface area contributed by atoms with Crippen molar-refractivity contribution in [2.75, 3.05) is 5.88 Å². The SMILES string of the molecule is O=C(CCCl)NCc1ncccc1F. The van der Waals surface area contributed by atoms with Crippen LogP contribution in [-0.4, -0.2) is 16.8 Å². The third-order valence-corrected chi connectivity index (χ3v) is 1.80. The van der Waals surface area contributed by atoms with Crippen LogP contribution < -0.4 is 5.32 Å². The number of nitrogens with one attached hydrogen (secondary N) is 1. The van der Waals surface area contributed by atoms with Crippen LogP contribution in [0.1, 0.15) is 12.1 Å². The Kier molecular flexibility index (Phi) is 4.32. The first-order valence-electron chi connectivity index (χ1n) is 4.16. The van der Waals surface area contributed by atoms with E-state index in [1.807, 2.05) is 0 Å². The second-order valence-corrected chi connectivity index (χ2v) is 3.03. The smallest absolute Gasteiger partial charge is 0.221 e. The van der Waals surface area contributed by atoms with Gasteiger partial charge >= 0.3 is 0 Å². The molecule has 14 heavy (non-hydrogen) atoms. The van der Waals surface area contributed by atoms with E-state index >= 15 is 0 Å². The van der Waals surface area contributed by atoms with Gasteiger partial charge in [0.15, 0.2) is 0 Å². The molecule has 3 nitrogen and oxygen atoms in total. The summed E-state index contributed by atoms with van der Waals surface area (Å²) in [5.41, 5.74) is 0.232. The van der Waals surface area contributed by atoms with Gasteiger partial charge in [0, 0.05) is 18.5 Å². The van der Waals surface area contributed by atoms with Crippen molar-refractivity contribution in [1.82, 2.24) is 10.3 Å². The summed E-state index contributed by atoms with van der Waals surface area (Å²) in [7, 11) is 0. The number of pyridine rings is 1. The predicted octanol–water partition coefficient (Wildman–Crippen LogP) is 1.47. The molecule has 1 heterocycles. The molecular weight excluding hydrogens is 207 g/mol. The van der Waals surface area contributed by atoms with E-state index in [-0.39, 0.29) is 30.4 Å². The van der Waals surface area contributed by atoms with Crippen molar-refractivity contribution in [1.29, 1.82) is 0 Å². The molecule has 1 N–H and O–H groups in total. The molecule has 0 aliphatic rings. The summed E-state index contributed by atoms with van der Waals surface area (Å²) in [6.45, 7) is 0.0996. The zero-order chi connectivity index (χ0) is 10.4. The molecule has 0 aliphatic heterocycles. The fraction of sp³-hybridized carbons (Fsp3) is 0.333. The molecule has 1 aromatic heterocycles. The molecule has 0 saturated heterocycles. The van der Waals surface area contributed by atoms with Crippen molar-refractivity contribution < 1.29 is 9.18 Å². The second kappa shape index (κ2) is 5.54. The topological polar surface area (TPSA) is 42.0 Å². The van der Waals surface area contributed by atoms with Crippen molar-refractivity contribution >= 4 is 17.5 Å². The lowest BCUT2D eigenvalue weighted by Crippen LogP contribution is -2.23. The predicted molar refractivity (Wildman–Crippen MR) is 51.4 cm³/mol. The molecule has 0 radical (unpaired) electrons. The molecule has 1 aromatic rings. The van der Waals surface area contributed by atoms with Gasteiger partial charge in [0.05, 0.1) is 12.2 Å². The van der Waals surface area contributed by atoms with Crippen molar-refractivity contribution in [3.05, 3.63) is 29.8 Å². The minimum atomic E-state index is -0.418. The first-order chi connectivity index (χ1) is 6.74. The number of carbonyl (C=O) groups excluding carboxylic acids is 1. The van der Waals surface area contributed by atoms with Crippen LogP contribution in [0.5, 0.6) is 0 Å². The van der Waals surface area contributed by atoms with Gasteiger partial charge < -0.3 is 5.32 Å². The van der Waals surface area contributed by atoms with Crippen LogP contribution in [0.3, 0.4) is 0 Å². The summed E-state index contributed by atoms with van der Waals surface area (Å²) in [6.07, 6.45) is 1.71. The molecule has 5 heteroatoms. The Morgan fingerprint density at radius 2 is 2.43 bits per heavy atom. The Bertz CT molecular complexity index is 319. The Morgan fingerprint density at radius 3 is 3.07 bits per heavy atom. The summed E-state index contributed by atoms with van der Waals surface area (Å²) >= 11 is 5.36. The Hall–Kier alpha value is -1.16. The van der Waals surface area contributed by atoms with Gasteiger partial charge in [-0.1, -0.05) is 0 Å². The Morgan fingerprint density at radius 1 is 1.64 bits per heavy atom. The lowest BCUT2D eigenvalue weighted by Gasteiger charge is -2.03. The number of rotatable bonds is 4. The maximum atomic E-state index is 13.0. The first-order valence-corrected chi connectivity index (χ1v) is 4.69. The van der Waals surface area contributed by atoms with Gasteiger partial charge in [0.2, 0.25) is 5.91 Å². The molecule has 0 bridgehead atoms. The number of nitrogens with zero attached hydrogens (tertiary/aromatic N) is 1. The van der Waals surface area contributed by atoms with E-state index in [2.05, 4.69) is 10.3 Å². The van der Waals surface area contributed by atoms with Crippen LogP contribution in [0.25, 0.3) is 0 Å². The highest BCUT2D eigenvalue weighted by molar-refractivity contribution is 6.18. The van der Waals surface area contributed by atoms with E-state index in [0.717, 1.165) is 0 Å². The second-order valence-electron chi connectivity index (χ2n) is 2.65. The molecule has 0 aromatic carbocycles. The van der Waals surface area contributed by atoms with Gasteiger partial charge in [-0.2, -0.15) is 0 Å². The molecule has 0 saturated carbocycles. The number of aromatic nitrogens is 1. The molecule has 76 valence electrons. The summed E-state index contributed by atoms with van der Waals surface area (Å²) < 4.78 is 13.0. The summed E-state index contributed by atoms with van der Waals surface area (Å²) in [4.78, 5) is 14.8. The fourth-order valence-corrected chi connectivity index (χ4v) is 1.08. The first kappa shape index (κ1) is 10.9. The van der Waals surface area contributed by atoms with E-state index in [1.165, 1.54) is 18.3 Å². The monoisotopic (exact) mass is 216 g/mol. The maximum absolute atomic E-state index is 13.0. The number of hydrogen-bond donors (Lipinski definition) is 1. The highest BCUT2D eigenvalue weighted by atomic mass is 35.5. The van der Waals surface area contributed by atoms with Crippen LogP contribution in [0.2, 0.25) is 0 Å². The number of halogens is 2. The van der Waals surface area contributed by atoms with Gasteiger partial charge in [0.1, 0.15) is 5.82 Å². The van der Waals surface area contributed by atoms with E-state index in [9.17, 15) is 9.18 Å². The molecule has 1 rings (SSSR count). The summed E-state index contributed by atoms with van der Waals surface area (Å²) in [5.74, 6) is -0.361. The highest BCUT2D eigenvalue weighted by Gasteiger charge is 2.04. The minimum absolute atomic E-state index is 0.0996. The Labute approximate surface area is 86.3 Å². The van der Waals surface area contributed by atoms with Crippen molar-refractivity contribution in [3.8, 4) is 0 Å². The summed E-state index contributed by atoms with van der Waals surface area (Å²) in [5, 5.41) is 2.51. The van der Waals surface area contributed by atoms with Crippen molar-refractivity contribution in [3.63, 3.8) is 0 Å². The van der Waals surface area contributed by atoms with Crippen LogP contribution in [-0.2, 0) is 11.3 Å². The number of amides is 1. The third-order valence-electron chi connectivity index (χ3n) is 1.61. The molecule has 1 amide bonds. The van der Waals surface area contributed by atoms with E-state index in [0.29, 0.717) is 0 Å². The number of carbonyl (C=O) groups is 1. The zero-order valence-corrected chi connectivity index (χ0v) is 8.22. The van der Waals surface area contributed by atoms with Crippen LogP contribution in [0.15, 0.2) is 18.3 Å². The largest absolute Gasteiger partial charge is 0.350 e. The fourth-order valence-electron chi connectivity index (χ4n) is 0.905. The lowest BCUT2D eigenvalue weighted by atomic mass is 10.3. The van der Waals surface area contributed by atoms with Crippen LogP contribution in [0.4, 0.5) is 4.39 Å². The van der Waals surface area contributed by atoms with Crippen LogP contribution in [0, 0.1) is 5.82 Å². The van der Waals surface area contributed by atoms with Gasteiger partial charge in [0.25, 0.3) is 0 Å². The number of hydrogen-bond acceptors (Lipinski definition) is 2. The molecule has 0 spiro atoms. The standard InChI is InChI=1S/C9H10ClFN2O/c10-4-3-9(14)13-6-8-7(11)2-1-5-12-8/h1-2,5H,3-4,6H2,(H,13,14). The van der Waals surface area contributed by atoms with Gasteiger partial charge in [-0.05, 0) is 12.1 Å². The highest BCUT2D eigenvalue weighted by Crippen LogP contribution is 2.01. The van der Waals surface area contributed by atoms with E-state index in [4.69, 9.17) is 11.6 Å². The van der Waals surface area contributed by atoms with E-state index in [1.54, 1.807) is 0 Å². The lowest BCUT2D eigenvalue weighted by molar-refractivity contribution is -0.120. The zero-order valence-electron chi connectivity index (χ0n) is 7.46. The molecule has 0 aliphatic carbocycles. The third kappa shape index (κ3) is 3.30. The molecule has 0 atom stereocenters. The maximum Gasteiger partial charge on any atom is 0.221 e. The van der Waals surface area contributed by atoms with Gasteiger partial charge in [-0.15, -0.1) is 11.6 Å². The van der Waals surface area contributed by atoms with Crippen molar-refractivity contribution in [2.24, 2.45) is 0 Å².